The number of hydrogen-bond acceptors (Lipinski definition) is 4. The summed E-state index contributed by atoms with van der Waals surface area (Å²) in [5, 5.41) is 0. The predicted molar refractivity (Wildman–Crippen MR) is 82.5 cm³/mol. The molecule has 0 spiro atoms. The van der Waals surface area contributed by atoms with Crippen molar-refractivity contribution in [3.8, 4) is 5.75 Å². The van der Waals surface area contributed by atoms with Gasteiger partial charge in [-0.1, -0.05) is 0 Å². The molecule has 1 aromatic carbocycles. The van der Waals surface area contributed by atoms with E-state index in [1.165, 1.54) is 12.1 Å². The van der Waals surface area contributed by atoms with Gasteiger partial charge in [-0.3, -0.25) is 4.79 Å². The van der Waals surface area contributed by atoms with Crippen molar-refractivity contribution >= 4 is 5.91 Å². The van der Waals surface area contributed by atoms with Crippen molar-refractivity contribution in [2.45, 2.75) is 13.0 Å². The largest absolute Gasteiger partial charge is 0.486 e. The standard InChI is InChI=1S/C17H19FN2O3/c18-13-1-3-14(4-2-13)22-11-15-5-6-16(23-15)17(21)20-8-7-12(9-19)10-20/h1-6,12H,7-11,19H2. The lowest BCUT2D eigenvalue weighted by atomic mass is 10.1. The number of ether oxygens (including phenoxy) is 1. The van der Waals surface area contributed by atoms with Gasteiger partial charge >= 0.3 is 0 Å². The van der Waals surface area contributed by atoms with Gasteiger partial charge in [0.1, 0.15) is 23.9 Å². The summed E-state index contributed by atoms with van der Waals surface area (Å²) in [5.74, 6) is 1.34. The van der Waals surface area contributed by atoms with Crippen molar-refractivity contribution in [3.63, 3.8) is 0 Å². The van der Waals surface area contributed by atoms with Crippen LogP contribution in [0.5, 0.6) is 5.75 Å². The van der Waals surface area contributed by atoms with Crippen LogP contribution >= 0.6 is 0 Å². The number of hydrogen-bond donors (Lipinski definition) is 1. The molecular weight excluding hydrogens is 299 g/mol. The van der Waals surface area contributed by atoms with E-state index in [0.29, 0.717) is 42.8 Å². The van der Waals surface area contributed by atoms with Gasteiger partial charge in [0.05, 0.1) is 0 Å². The number of benzene rings is 1. The molecule has 2 heterocycles. The zero-order chi connectivity index (χ0) is 16.2. The minimum atomic E-state index is -0.315. The van der Waals surface area contributed by atoms with Gasteiger partial charge in [-0.05, 0) is 55.3 Å². The summed E-state index contributed by atoms with van der Waals surface area (Å²) in [4.78, 5) is 14.1. The summed E-state index contributed by atoms with van der Waals surface area (Å²) in [5.41, 5.74) is 5.64. The third kappa shape index (κ3) is 3.71. The van der Waals surface area contributed by atoms with Crippen molar-refractivity contribution in [1.29, 1.82) is 0 Å². The number of rotatable bonds is 5. The van der Waals surface area contributed by atoms with Crippen LogP contribution in [0.2, 0.25) is 0 Å². The number of amides is 1. The summed E-state index contributed by atoms with van der Waals surface area (Å²) >= 11 is 0. The fourth-order valence-electron chi connectivity index (χ4n) is 2.62. The zero-order valence-corrected chi connectivity index (χ0v) is 12.7. The van der Waals surface area contributed by atoms with Crippen molar-refractivity contribution in [1.82, 2.24) is 4.90 Å². The fraction of sp³-hybridized carbons (Fsp3) is 0.353. The van der Waals surface area contributed by atoms with E-state index < -0.39 is 0 Å². The lowest BCUT2D eigenvalue weighted by Gasteiger charge is -2.14. The third-order valence-corrected chi connectivity index (χ3v) is 3.97. The van der Waals surface area contributed by atoms with Gasteiger partial charge in [0, 0.05) is 13.1 Å². The Bertz CT molecular complexity index is 669. The lowest BCUT2D eigenvalue weighted by Crippen LogP contribution is -2.29. The van der Waals surface area contributed by atoms with Gasteiger partial charge < -0.3 is 19.8 Å². The van der Waals surface area contributed by atoms with Crippen molar-refractivity contribution in [2.75, 3.05) is 19.6 Å². The topological polar surface area (TPSA) is 68.7 Å². The Balaban J connectivity index is 1.57. The lowest BCUT2D eigenvalue weighted by molar-refractivity contribution is 0.0752. The first-order chi connectivity index (χ1) is 11.2. The molecule has 0 radical (unpaired) electrons. The van der Waals surface area contributed by atoms with E-state index in [1.807, 2.05) is 0 Å². The average Bonchev–Trinajstić information content (AvgIpc) is 3.23. The maximum atomic E-state index is 12.8. The highest BCUT2D eigenvalue weighted by Crippen LogP contribution is 2.20. The molecule has 1 atom stereocenters. The fourth-order valence-corrected chi connectivity index (χ4v) is 2.62. The summed E-state index contributed by atoms with van der Waals surface area (Å²) < 4.78 is 23.9. The van der Waals surface area contributed by atoms with Crippen LogP contribution in [-0.4, -0.2) is 30.4 Å². The van der Waals surface area contributed by atoms with Crippen molar-refractivity contribution in [2.24, 2.45) is 11.7 Å². The van der Waals surface area contributed by atoms with Crippen molar-refractivity contribution < 1.29 is 18.3 Å². The van der Waals surface area contributed by atoms with E-state index in [4.69, 9.17) is 14.9 Å². The Morgan fingerprint density at radius 1 is 1.30 bits per heavy atom. The molecule has 0 bridgehead atoms. The molecule has 6 heteroatoms. The smallest absolute Gasteiger partial charge is 0.289 e. The molecule has 2 N–H and O–H groups in total. The Morgan fingerprint density at radius 2 is 2.09 bits per heavy atom. The van der Waals surface area contributed by atoms with Gasteiger partial charge in [0.25, 0.3) is 5.91 Å². The summed E-state index contributed by atoms with van der Waals surface area (Å²) in [6.07, 6.45) is 0.934. The number of carbonyl (C=O) groups excluding carboxylic acids is 1. The highest BCUT2D eigenvalue weighted by Gasteiger charge is 2.27. The van der Waals surface area contributed by atoms with Crippen LogP contribution < -0.4 is 10.5 Å². The third-order valence-electron chi connectivity index (χ3n) is 3.97. The first-order valence-corrected chi connectivity index (χ1v) is 7.62. The Kier molecular flexibility index (Phi) is 4.62. The van der Waals surface area contributed by atoms with E-state index in [9.17, 15) is 9.18 Å². The number of likely N-dealkylation sites (tertiary alicyclic amines) is 1. The van der Waals surface area contributed by atoms with Gasteiger partial charge in [-0.2, -0.15) is 0 Å². The van der Waals surface area contributed by atoms with Crippen LogP contribution in [-0.2, 0) is 6.61 Å². The molecule has 3 rings (SSSR count). The van der Waals surface area contributed by atoms with Crippen molar-refractivity contribution in [3.05, 3.63) is 53.7 Å². The van der Waals surface area contributed by atoms with Crippen LogP contribution in [0.4, 0.5) is 4.39 Å². The summed E-state index contributed by atoms with van der Waals surface area (Å²) in [7, 11) is 0. The van der Waals surface area contributed by atoms with Crippen LogP contribution in [0.25, 0.3) is 0 Å². The summed E-state index contributed by atoms with van der Waals surface area (Å²) in [6, 6.07) is 9.11. The molecular formula is C17H19FN2O3. The zero-order valence-electron chi connectivity index (χ0n) is 12.7. The number of carbonyl (C=O) groups is 1. The first-order valence-electron chi connectivity index (χ1n) is 7.62. The van der Waals surface area contributed by atoms with E-state index in [-0.39, 0.29) is 18.3 Å². The summed E-state index contributed by atoms with van der Waals surface area (Å²) in [6.45, 7) is 2.17. The van der Waals surface area contributed by atoms with E-state index >= 15 is 0 Å². The highest BCUT2D eigenvalue weighted by atomic mass is 19.1. The molecule has 1 amide bonds. The highest BCUT2D eigenvalue weighted by molar-refractivity contribution is 5.91. The predicted octanol–water partition coefficient (Wildman–Crippen LogP) is 2.42. The minimum Gasteiger partial charge on any atom is -0.486 e. The molecule has 5 nitrogen and oxygen atoms in total. The van der Waals surface area contributed by atoms with Crippen LogP contribution in [0.15, 0.2) is 40.8 Å². The van der Waals surface area contributed by atoms with Gasteiger partial charge in [0.15, 0.2) is 5.76 Å². The molecule has 0 aliphatic carbocycles. The molecule has 2 aromatic rings. The van der Waals surface area contributed by atoms with Crippen LogP contribution in [0.3, 0.4) is 0 Å². The average molecular weight is 318 g/mol. The Hall–Kier alpha value is -2.34. The maximum absolute atomic E-state index is 12.8. The number of nitrogens with zero attached hydrogens (tertiary/aromatic N) is 1. The number of furan rings is 1. The molecule has 122 valence electrons. The van der Waals surface area contributed by atoms with Crippen LogP contribution in [0.1, 0.15) is 22.7 Å². The molecule has 1 aromatic heterocycles. The molecule has 1 aliphatic rings. The molecule has 1 unspecified atom stereocenters. The Morgan fingerprint density at radius 3 is 2.78 bits per heavy atom. The van der Waals surface area contributed by atoms with Gasteiger partial charge in [-0.15, -0.1) is 0 Å². The van der Waals surface area contributed by atoms with Gasteiger partial charge in [-0.25, -0.2) is 4.39 Å². The quantitative estimate of drug-likeness (QED) is 0.919. The SMILES string of the molecule is NCC1CCN(C(=O)c2ccc(COc3ccc(F)cc3)o2)C1. The minimum absolute atomic E-state index is 0.117. The van der Waals surface area contributed by atoms with Crippen LogP contribution in [0, 0.1) is 11.7 Å². The molecule has 0 saturated carbocycles. The molecule has 1 fully saturated rings. The second kappa shape index (κ2) is 6.83. The van der Waals surface area contributed by atoms with Gasteiger partial charge in [0.2, 0.25) is 0 Å². The molecule has 1 aliphatic heterocycles. The normalized spacial score (nSPS) is 17.5. The number of halogens is 1. The van der Waals surface area contributed by atoms with E-state index in [1.54, 1.807) is 29.2 Å². The van der Waals surface area contributed by atoms with E-state index in [2.05, 4.69) is 0 Å². The molecule has 23 heavy (non-hydrogen) atoms. The van der Waals surface area contributed by atoms with E-state index in [0.717, 1.165) is 6.42 Å². The second-order valence-electron chi connectivity index (χ2n) is 5.65. The second-order valence-corrected chi connectivity index (χ2v) is 5.65. The number of nitrogens with two attached hydrogens (primary N) is 1. The monoisotopic (exact) mass is 318 g/mol. The maximum Gasteiger partial charge on any atom is 0.289 e. The first kappa shape index (κ1) is 15.6. The molecule has 1 saturated heterocycles. The Labute approximate surface area is 133 Å².